The number of anilines is 1. The minimum Gasteiger partial charge on any atom is -0.323 e. The van der Waals surface area contributed by atoms with Crippen LogP contribution in [0.1, 0.15) is 42.6 Å². The van der Waals surface area contributed by atoms with Gasteiger partial charge in [0.15, 0.2) is 0 Å². The zero-order chi connectivity index (χ0) is 19.6. The van der Waals surface area contributed by atoms with Gasteiger partial charge in [-0.25, -0.2) is 4.90 Å². The average molecular weight is 364 g/mol. The first-order chi connectivity index (χ1) is 12.9. The van der Waals surface area contributed by atoms with E-state index in [-0.39, 0.29) is 30.2 Å². The Kier molecular flexibility index (Phi) is 5.40. The van der Waals surface area contributed by atoms with E-state index in [0.29, 0.717) is 17.7 Å². The average Bonchev–Trinajstić information content (AvgIpc) is 2.97. The molecule has 0 spiro atoms. The lowest BCUT2D eigenvalue weighted by atomic mass is 10.1. The van der Waals surface area contributed by atoms with Gasteiger partial charge in [-0.2, -0.15) is 0 Å². The largest absolute Gasteiger partial charge is 0.323 e. The molecule has 2 atom stereocenters. The molecule has 0 saturated carbocycles. The predicted molar refractivity (Wildman–Crippen MR) is 104 cm³/mol. The Morgan fingerprint density at radius 2 is 1.74 bits per heavy atom. The number of hydrogen-bond donors (Lipinski definition) is 0. The molecule has 27 heavy (non-hydrogen) atoms. The molecule has 2 unspecified atom stereocenters. The van der Waals surface area contributed by atoms with Crippen LogP contribution in [0.25, 0.3) is 0 Å². The molecule has 0 bridgehead atoms. The molecule has 2 aromatic rings. The Labute approximate surface area is 159 Å². The number of imide groups is 1. The van der Waals surface area contributed by atoms with Crippen molar-refractivity contribution in [3.05, 3.63) is 65.7 Å². The highest BCUT2D eigenvalue weighted by Gasteiger charge is 2.45. The number of carbonyl (C=O) groups excluding carboxylic acids is 3. The summed E-state index contributed by atoms with van der Waals surface area (Å²) < 4.78 is 0. The third kappa shape index (κ3) is 3.63. The summed E-state index contributed by atoms with van der Waals surface area (Å²) >= 11 is 0. The van der Waals surface area contributed by atoms with Crippen molar-refractivity contribution in [3.8, 4) is 0 Å². The van der Waals surface area contributed by atoms with E-state index in [4.69, 9.17) is 0 Å². The summed E-state index contributed by atoms with van der Waals surface area (Å²) in [5.41, 5.74) is 2.13. The Hall–Kier alpha value is -2.95. The second-order valence-corrected chi connectivity index (χ2v) is 6.96. The van der Waals surface area contributed by atoms with E-state index in [1.807, 2.05) is 39.0 Å². The minimum atomic E-state index is -0.776. The molecule has 3 rings (SSSR count). The third-order valence-electron chi connectivity index (χ3n) is 5.07. The van der Waals surface area contributed by atoms with Crippen molar-refractivity contribution in [1.29, 1.82) is 0 Å². The molecule has 3 amide bonds. The fraction of sp³-hybridized carbons (Fsp3) is 0.318. The highest BCUT2D eigenvalue weighted by atomic mass is 16.2. The van der Waals surface area contributed by atoms with Gasteiger partial charge in [0, 0.05) is 11.6 Å². The number of amides is 3. The predicted octanol–water partition coefficient (Wildman–Crippen LogP) is 3.57. The van der Waals surface area contributed by atoms with Crippen molar-refractivity contribution < 1.29 is 14.4 Å². The third-order valence-corrected chi connectivity index (χ3v) is 5.07. The molecule has 140 valence electrons. The van der Waals surface area contributed by atoms with E-state index in [1.165, 1.54) is 4.90 Å². The first kappa shape index (κ1) is 18.8. The molecule has 0 N–H and O–H groups in total. The lowest BCUT2D eigenvalue weighted by molar-refractivity contribution is -0.122. The van der Waals surface area contributed by atoms with Crippen LogP contribution in [0, 0.1) is 6.92 Å². The van der Waals surface area contributed by atoms with Crippen LogP contribution in [0.2, 0.25) is 0 Å². The van der Waals surface area contributed by atoms with Gasteiger partial charge in [0.25, 0.3) is 11.8 Å². The number of para-hydroxylation sites is 1. The van der Waals surface area contributed by atoms with Gasteiger partial charge in [0.2, 0.25) is 5.91 Å². The van der Waals surface area contributed by atoms with Crippen LogP contribution < -0.4 is 4.90 Å². The highest BCUT2D eigenvalue weighted by molar-refractivity contribution is 6.23. The molecule has 0 aliphatic carbocycles. The molecule has 1 aliphatic rings. The standard InChI is InChI=1S/C22H24N2O3/c1-4-16(3)23(21(26)17-12-10-15(2)11-13-17)19-14-20(25)24(22(19)27)18-8-6-5-7-9-18/h5-13,16,19H,4,14H2,1-3H3. The van der Waals surface area contributed by atoms with Crippen molar-refractivity contribution in [1.82, 2.24) is 4.90 Å². The molecule has 5 heteroatoms. The lowest BCUT2D eigenvalue weighted by Gasteiger charge is -2.33. The lowest BCUT2D eigenvalue weighted by Crippen LogP contribution is -2.49. The second-order valence-electron chi connectivity index (χ2n) is 6.96. The molecule has 0 aromatic heterocycles. The van der Waals surface area contributed by atoms with Gasteiger partial charge >= 0.3 is 0 Å². The summed E-state index contributed by atoms with van der Waals surface area (Å²) in [6, 6.07) is 15.2. The van der Waals surface area contributed by atoms with Gasteiger partial charge in [-0.1, -0.05) is 42.8 Å². The van der Waals surface area contributed by atoms with Gasteiger partial charge < -0.3 is 4.90 Å². The molecular formula is C22H24N2O3. The van der Waals surface area contributed by atoms with Crippen LogP contribution >= 0.6 is 0 Å². The van der Waals surface area contributed by atoms with E-state index in [0.717, 1.165) is 5.56 Å². The molecule has 1 fully saturated rings. The monoisotopic (exact) mass is 364 g/mol. The summed E-state index contributed by atoms with van der Waals surface area (Å²) in [5.74, 6) is -0.835. The maximum Gasteiger partial charge on any atom is 0.257 e. The van der Waals surface area contributed by atoms with Gasteiger partial charge in [-0.05, 0) is 44.5 Å². The topological polar surface area (TPSA) is 57.7 Å². The van der Waals surface area contributed by atoms with Crippen LogP contribution in [0.5, 0.6) is 0 Å². The zero-order valence-electron chi connectivity index (χ0n) is 15.9. The van der Waals surface area contributed by atoms with E-state index < -0.39 is 6.04 Å². The number of benzene rings is 2. The summed E-state index contributed by atoms with van der Waals surface area (Å²) in [4.78, 5) is 41.6. The molecule has 1 saturated heterocycles. The van der Waals surface area contributed by atoms with Crippen molar-refractivity contribution in [2.24, 2.45) is 0 Å². The van der Waals surface area contributed by atoms with Crippen LogP contribution in [0.4, 0.5) is 5.69 Å². The van der Waals surface area contributed by atoms with E-state index in [1.54, 1.807) is 41.3 Å². The smallest absolute Gasteiger partial charge is 0.257 e. The van der Waals surface area contributed by atoms with Gasteiger partial charge in [-0.15, -0.1) is 0 Å². The van der Waals surface area contributed by atoms with Crippen molar-refractivity contribution in [3.63, 3.8) is 0 Å². The fourth-order valence-corrected chi connectivity index (χ4v) is 3.37. The number of nitrogens with zero attached hydrogens (tertiary/aromatic N) is 2. The number of hydrogen-bond acceptors (Lipinski definition) is 3. The molecule has 5 nitrogen and oxygen atoms in total. The zero-order valence-corrected chi connectivity index (χ0v) is 15.9. The first-order valence-corrected chi connectivity index (χ1v) is 9.25. The maximum absolute atomic E-state index is 13.2. The second kappa shape index (κ2) is 7.74. The number of aryl methyl sites for hydroxylation is 1. The molecule has 0 radical (unpaired) electrons. The van der Waals surface area contributed by atoms with Crippen LogP contribution in [0.3, 0.4) is 0 Å². The Morgan fingerprint density at radius 1 is 1.11 bits per heavy atom. The van der Waals surface area contributed by atoms with Gasteiger partial charge in [0.05, 0.1) is 12.1 Å². The van der Waals surface area contributed by atoms with Crippen molar-refractivity contribution in [2.45, 2.75) is 45.7 Å². The normalized spacial score (nSPS) is 17.9. The highest BCUT2D eigenvalue weighted by Crippen LogP contribution is 2.28. The van der Waals surface area contributed by atoms with Crippen LogP contribution in [-0.4, -0.2) is 34.7 Å². The fourth-order valence-electron chi connectivity index (χ4n) is 3.37. The Morgan fingerprint density at radius 3 is 2.33 bits per heavy atom. The minimum absolute atomic E-state index is 0.00959. The quantitative estimate of drug-likeness (QED) is 0.762. The van der Waals surface area contributed by atoms with E-state index in [9.17, 15) is 14.4 Å². The number of rotatable bonds is 5. The Bertz CT molecular complexity index is 846. The number of carbonyl (C=O) groups is 3. The summed E-state index contributed by atoms with van der Waals surface area (Å²) in [6.45, 7) is 5.84. The molecule has 1 aliphatic heterocycles. The summed E-state index contributed by atoms with van der Waals surface area (Å²) in [7, 11) is 0. The maximum atomic E-state index is 13.2. The first-order valence-electron chi connectivity index (χ1n) is 9.25. The van der Waals surface area contributed by atoms with Crippen molar-refractivity contribution >= 4 is 23.4 Å². The molecule has 2 aromatic carbocycles. The van der Waals surface area contributed by atoms with Crippen molar-refractivity contribution in [2.75, 3.05) is 4.90 Å². The van der Waals surface area contributed by atoms with E-state index >= 15 is 0 Å². The van der Waals surface area contributed by atoms with Gasteiger partial charge in [0.1, 0.15) is 6.04 Å². The van der Waals surface area contributed by atoms with Gasteiger partial charge in [-0.3, -0.25) is 14.4 Å². The Balaban J connectivity index is 1.94. The summed E-state index contributed by atoms with van der Waals surface area (Å²) in [6.07, 6.45) is 0.705. The van der Waals surface area contributed by atoms with Crippen LogP contribution in [0.15, 0.2) is 54.6 Å². The summed E-state index contributed by atoms with van der Waals surface area (Å²) in [5, 5.41) is 0. The molecular weight excluding hydrogens is 340 g/mol. The molecule has 1 heterocycles. The van der Waals surface area contributed by atoms with E-state index in [2.05, 4.69) is 0 Å². The SMILES string of the molecule is CCC(C)N(C(=O)c1ccc(C)cc1)C1CC(=O)N(c2ccccc2)C1=O. The van der Waals surface area contributed by atoms with Crippen LogP contribution in [-0.2, 0) is 9.59 Å².